The van der Waals surface area contributed by atoms with Gasteiger partial charge in [-0.3, -0.25) is 14.8 Å². The Morgan fingerprint density at radius 1 is 1.55 bits per heavy atom. The zero-order valence-electron chi connectivity index (χ0n) is 12.7. The summed E-state index contributed by atoms with van der Waals surface area (Å²) in [6, 6.07) is 0.167. The lowest BCUT2D eigenvalue weighted by molar-refractivity contribution is -0.144. The maximum absolute atomic E-state index is 11.4. The van der Waals surface area contributed by atoms with Crippen LogP contribution in [-0.4, -0.2) is 38.2 Å². The van der Waals surface area contributed by atoms with Crippen molar-refractivity contribution in [3.63, 3.8) is 0 Å². The molecule has 1 rings (SSSR count). The Hall–Kier alpha value is -1.01. The summed E-state index contributed by atoms with van der Waals surface area (Å²) >= 11 is 1.76. The van der Waals surface area contributed by atoms with E-state index in [2.05, 4.69) is 10.4 Å². The van der Waals surface area contributed by atoms with Gasteiger partial charge >= 0.3 is 5.97 Å². The van der Waals surface area contributed by atoms with Gasteiger partial charge in [-0.05, 0) is 39.4 Å². The van der Waals surface area contributed by atoms with E-state index >= 15 is 0 Å². The fraction of sp³-hybridized carbons (Fsp3) is 0.714. The highest BCUT2D eigenvalue weighted by Crippen LogP contribution is 2.21. The van der Waals surface area contributed by atoms with Gasteiger partial charge in [-0.2, -0.15) is 5.10 Å². The summed E-state index contributed by atoms with van der Waals surface area (Å²) in [5.74, 6) is 0.217. The zero-order chi connectivity index (χ0) is 15.2. The van der Waals surface area contributed by atoms with Crippen molar-refractivity contribution >= 4 is 17.7 Å². The number of thioether (sulfide) groups is 1. The molecule has 0 amide bonds. The Kier molecular flexibility index (Phi) is 6.55. The molecule has 2 N–H and O–H groups in total. The van der Waals surface area contributed by atoms with E-state index in [4.69, 9.17) is 0 Å². The molecule has 0 saturated carbocycles. The summed E-state index contributed by atoms with van der Waals surface area (Å²) in [5, 5.41) is 16.6. The second-order valence-electron chi connectivity index (χ2n) is 5.59. The van der Waals surface area contributed by atoms with E-state index in [0.717, 1.165) is 23.5 Å². The summed E-state index contributed by atoms with van der Waals surface area (Å²) in [4.78, 5) is 12.5. The Morgan fingerprint density at radius 2 is 2.25 bits per heavy atom. The fourth-order valence-electron chi connectivity index (χ4n) is 2.12. The van der Waals surface area contributed by atoms with Gasteiger partial charge in [-0.1, -0.05) is 6.42 Å². The van der Waals surface area contributed by atoms with Crippen LogP contribution >= 0.6 is 11.8 Å². The van der Waals surface area contributed by atoms with Gasteiger partial charge in [0.15, 0.2) is 0 Å². The average molecular weight is 299 g/mol. The molecular formula is C14H25N3O2S. The summed E-state index contributed by atoms with van der Waals surface area (Å²) in [7, 11) is 1.90. The largest absolute Gasteiger partial charge is 0.480 e. The zero-order valence-corrected chi connectivity index (χ0v) is 13.5. The maximum atomic E-state index is 11.4. The lowest BCUT2D eigenvalue weighted by Gasteiger charge is -2.28. The normalized spacial score (nSPS) is 14.4. The molecule has 114 valence electrons. The predicted molar refractivity (Wildman–Crippen MR) is 82.1 cm³/mol. The van der Waals surface area contributed by atoms with Crippen LogP contribution < -0.4 is 5.32 Å². The Balaban J connectivity index is 2.29. The van der Waals surface area contributed by atoms with Crippen molar-refractivity contribution in [1.82, 2.24) is 15.1 Å². The molecule has 0 aromatic carbocycles. The molecule has 0 radical (unpaired) electrons. The van der Waals surface area contributed by atoms with E-state index in [1.807, 2.05) is 33.3 Å². The van der Waals surface area contributed by atoms with Crippen LogP contribution in [0.2, 0.25) is 0 Å². The van der Waals surface area contributed by atoms with Crippen LogP contribution in [-0.2, 0) is 11.8 Å². The van der Waals surface area contributed by atoms with Crippen LogP contribution in [0.5, 0.6) is 0 Å². The molecule has 1 atom stereocenters. The third-order valence-corrected chi connectivity index (χ3v) is 4.14. The van der Waals surface area contributed by atoms with Crippen LogP contribution in [0.3, 0.4) is 0 Å². The quantitative estimate of drug-likeness (QED) is 0.542. The molecule has 20 heavy (non-hydrogen) atoms. The van der Waals surface area contributed by atoms with Gasteiger partial charge < -0.3 is 5.11 Å². The van der Waals surface area contributed by atoms with Gasteiger partial charge in [0.2, 0.25) is 0 Å². The van der Waals surface area contributed by atoms with Crippen molar-refractivity contribution in [3.05, 3.63) is 12.4 Å². The van der Waals surface area contributed by atoms with E-state index in [1.165, 1.54) is 0 Å². The van der Waals surface area contributed by atoms with Crippen molar-refractivity contribution < 1.29 is 9.90 Å². The van der Waals surface area contributed by atoms with Crippen LogP contribution in [0.4, 0.5) is 0 Å². The molecule has 0 spiro atoms. The lowest BCUT2D eigenvalue weighted by Crippen LogP contribution is -2.52. The number of hydrogen-bond donors (Lipinski definition) is 2. The van der Waals surface area contributed by atoms with E-state index in [0.29, 0.717) is 6.42 Å². The smallest absolute Gasteiger partial charge is 0.323 e. The van der Waals surface area contributed by atoms with E-state index in [1.54, 1.807) is 23.4 Å². The highest BCUT2D eigenvalue weighted by atomic mass is 32.2. The van der Waals surface area contributed by atoms with Gasteiger partial charge in [0.05, 0.1) is 6.20 Å². The van der Waals surface area contributed by atoms with Crippen molar-refractivity contribution in [2.45, 2.75) is 56.5 Å². The first-order chi connectivity index (χ1) is 9.33. The second kappa shape index (κ2) is 7.69. The van der Waals surface area contributed by atoms with Crippen molar-refractivity contribution in [2.24, 2.45) is 7.05 Å². The van der Waals surface area contributed by atoms with Crippen LogP contribution in [0.15, 0.2) is 17.3 Å². The number of aliphatic carboxylic acids is 1. The summed E-state index contributed by atoms with van der Waals surface area (Å²) in [6.45, 7) is 5.71. The molecule has 0 fully saturated rings. The van der Waals surface area contributed by atoms with Gasteiger partial charge in [0, 0.05) is 24.2 Å². The summed E-state index contributed by atoms with van der Waals surface area (Å²) in [6.07, 6.45) is 6.39. The number of carboxylic acid groups (broad SMARTS) is 1. The Morgan fingerprint density at radius 3 is 2.75 bits per heavy atom. The number of aromatic nitrogens is 2. The standard InChI is InChI=1S/C14H25N3O2S/c1-11(2)16-14(3,13(18)19)7-5-6-8-20-12-9-15-17(4)10-12/h9-11,16H,5-8H2,1-4H3,(H,18,19). The summed E-state index contributed by atoms with van der Waals surface area (Å²) < 4.78 is 1.79. The van der Waals surface area contributed by atoms with Crippen LogP contribution in [0.1, 0.15) is 40.0 Å². The number of hydrogen-bond acceptors (Lipinski definition) is 4. The molecule has 5 nitrogen and oxygen atoms in total. The van der Waals surface area contributed by atoms with Crippen LogP contribution in [0, 0.1) is 0 Å². The SMILES string of the molecule is CC(C)NC(C)(CCCCSc1cnn(C)c1)C(=O)O. The van der Waals surface area contributed by atoms with Gasteiger partial charge in [0.25, 0.3) is 0 Å². The number of nitrogens with zero attached hydrogens (tertiary/aromatic N) is 2. The molecule has 1 aromatic rings. The number of aryl methyl sites for hydroxylation is 1. The van der Waals surface area contributed by atoms with Gasteiger partial charge in [-0.25, -0.2) is 0 Å². The lowest BCUT2D eigenvalue weighted by atomic mass is 9.94. The van der Waals surface area contributed by atoms with Gasteiger partial charge in [-0.15, -0.1) is 11.8 Å². The minimum atomic E-state index is -0.826. The van der Waals surface area contributed by atoms with E-state index in [-0.39, 0.29) is 6.04 Å². The maximum Gasteiger partial charge on any atom is 0.323 e. The highest BCUT2D eigenvalue weighted by molar-refractivity contribution is 7.99. The molecule has 0 aliphatic carbocycles. The first-order valence-corrected chi connectivity index (χ1v) is 7.94. The number of unbranched alkanes of at least 4 members (excludes halogenated alkanes) is 1. The molecular weight excluding hydrogens is 274 g/mol. The first-order valence-electron chi connectivity index (χ1n) is 6.96. The van der Waals surface area contributed by atoms with E-state index < -0.39 is 11.5 Å². The van der Waals surface area contributed by atoms with E-state index in [9.17, 15) is 9.90 Å². The molecule has 0 aliphatic heterocycles. The third kappa shape index (κ3) is 5.54. The Labute approximate surface area is 125 Å². The molecule has 0 bridgehead atoms. The third-order valence-electron chi connectivity index (χ3n) is 3.10. The molecule has 0 saturated heterocycles. The molecule has 1 heterocycles. The molecule has 6 heteroatoms. The topological polar surface area (TPSA) is 67.2 Å². The minimum Gasteiger partial charge on any atom is -0.480 e. The molecule has 0 aliphatic rings. The average Bonchev–Trinajstić information content (AvgIpc) is 2.73. The molecule has 1 aromatic heterocycles. The Bertz CT molecular complexity index is 434. The first kappa shape index (κ1) is 17.0. The number of carbonyl (C=O) groups is 1. The number of rotatable bonds is 9. The summed E-state index contributed by atoms with van der Waals surface area (Å²) in [5.41, 5.74) is -0.826. The van der Waals surface area contributed by atoms with Gasteiger partial charge in [0.1, 0.15) is 5.54 Å². The predicted octanol–water partition coefficient (Wildman–Crippen LogP) is 2.52. The monoisotopic (exact) mass is 299 g/mol. The second-order valence-corrected chi connectivity index (χ2v) is 6.76. The van der Waals surface area contributed by atoms with Crippen molar-refractivity contribution in [3.8, 4) is 0 Å². The number of nitrogens with one attached hydrogen (secondary N) is 1. The fourth-order valence-corrected chi connectivity index (χ4v) is 3.05. The van der Waals surface area contributed by atoms with Crippen molar-refractivity contribution in [2.75, 3.05) is 5.75 Å². The van der Waals surface area contributed by atoms with Crippen molar-refractivity contribution in [1.29, 1.82) is 0 Å². The highest BCUT2D eigenvalue weighted by Gasteiger charge is 2.32. The minimum absolute atomic E-state index is 0.167. The van der Waals surface area contributed by atoms with Crippen LogP contribution in [0.25, 0.3) is 0 Å². The number of carboxylic acids is 1. The molecule has 1 unspecified atom stereocenters.